The predicted octanol–water partition coefficient (Wildman–Crippen LogP) is 1.38. The Balaban J connectivity index is 1.48. The van der Waals surface area contributed by atoms with E-state index in [1.165, 1.54) is 0 Å². The normalized spacial score (nSPS) is 39.2. The maximum Gasteiger partial charge on any atom is 0.248 e. The van der Waals surface area contributed by atoms with Crippen LogP contribution in [-0.4, -0.2) is 58.0 Å². The topological polar surface area (TPSA) is 68.5 Å². The van der Waals surface area contributed by atoms with Crippen LogP contribution in [0.5, 0.6) is 0 Å². The summed E-state index contributed by atoms with van der Waals surface area (Å²) in [5.74, 6) is -2.56. The van der Waals surface area contributed by atoms with E-state index < -0.39 is 24.4 Å². The number of nitrogens with one attached hydrogen (secondary N) is 1. The molecule has 0 spiro atoms. The Kier molecular flexibility index (Phi) is 4.11. The fourth-order valence-corrected chi connectivity index (χ4v) is 3.96. The van der Waals surface area contributed by atoms with Crippen molar-refractivity contribution in [2.24, 2.45) is 0 Å². The number of aromatic nitrogens is 2. The minimum Gasteiger partial charge on any atom is -0.389 e. The lowest BCUT2D eigenvalue weighted by Crippen LogP contribution is -2.60. The molecule has 4 rings (SSSR count). The number of aliphatic hydroxyl groups excluding tert-OH is 1. The number of halogens is 2. The lowest BCUT2D eigenvalue weighted by molar-refractivity contribution is -0.170. The largest absolute Gasteiger partial charge is 0.389 e. The van der Waals surface area contributed by atoms with Gasteiger partial charge in [-0.25, -0.2) is 8.78 Å². The Morgan fingerprint density at radius 1 is 1.38 bits per heavy atom. The van der Waals surface area contributed by atoms with E-state index >= 15 is 0 Å². The molecule has 2 aliphatic heterocycles. The Labute approximate surface area is 139 Å². The standard InChI is InChI=1S/C16H23F2N3O3/c1-9-6-19-21(7-9)13-14(22)12(11-8-23-15(13)24-11)20-10-2-4-16(17,18)5-3-10/h6-7,10-15,20,22H,2-5,8H2,1H3. The van der Waals surface area contributed by atoms with Gasteiger partial charge in [-0.05, 0) is 25.3 Å². The van der Waals surface area contributed by atoms with Gasteiger partial charge in [-0.1, -0.05) is 0 Å². The molecule has 0 aromatic carbocycles. The van der Waals surface area contributed by atoms with Gasteiger partial charge in [0.05, 0.1) is 24.9 Å². The van der Waals surface area contributed by atoms with Gasteiger partial charge in [-0.15, -0.1) is 0 Å². The van der Waals surface area contributed by atoms with Gasteiger partial charge in [0, 0.05) is 25.1 Å². The average molecular weight is 343 g/mol. The zero-order valence-electron chi connectivity index (χ0n) is 13.6. The highest BCUT2D eigenvalue weighted by molar-refractivity contribution is 5.06. The molecule has 1 aromatic heterocycles. The zero-order valence-corrected chi connectivity index (χ0v) is 13.6. The summed E-state index contributed by atoms with van der Waals surface area (Å²) < 4.78 is 39.9. The molecule has 5 unspecified atom stereocenters. The fourth-order valence-electron chi connectivity index (χ4n) is 3.96. The van der Waals surface area contributed by atoms with Crippen LogP contribution in [0.2, 0.25) is 0 Å². The number of rotatable bonds is 3. The summed E-state index contributed by atoms with van der Waals surface area (Å²) in [4.78, 5) is 0. The van der Waals surface area contributed by atoms with Gasteiger partial charge in [0.15, 0.2) is 6.29 Å². The molecule has 3 fully saturated rings. The first-order valence-corrected chi connectivity index (χ1v) is 8.53. The van der Waals surface area contributed by atoms with E-state index in [4.69, 9.17) is 9.47 Å². The third kappa shape index (κ3) is 2.96. The van der Waals surface area contributed by atoms with Crippen LogP contribution < -0.4 is 5.32 Å². The number of nitrogens with zero attached hydrogens (tertiary/aromatic N) is 2. The van der Waals surface area contributed by atoms with Crippen LogP contribution in [0.4, 0.5) is 8.78 Å². The first-order chi connectivity index (χ1) is 11.4. The van der Waals surface area contributed by atoms with E-state index in [9.17, 15) is 13.9 Å². The molecular weight excluding hydrogens is 320 g/mol. The van der Waals surface area contributed by atoms with Gasteiger partial charge in [0.1, 0.15) is 12.1 Å². The van der Waals surface area contributed by atoms with Crippen molar-refractivity contribution in [3.63, 3.8) is 0 Å². The molecule has 8 heteroatoms. The van der Waals surface area contributed by atoms with Crippen LogP contribution in [0.3, 0.4) is 0 Å². The second kappa shape index (κ2) is 6.01. The van der Waals surface area contributed by atoms with Gasteiger partial charge in [-0.3, -0.25) is 4.68 Å². The fraction of sp³-hybridized carbons (Fsp3) is 0.812. The number of hydrogen-bond acceptors (Lipinski definition) is 5. The summed E-state index contributed by atoms with van der Waals surface area (Å²) >= 11 is 0. The lowest BCUT2D eigenvalue weighted by atomic mass is 9.89. The average Bonchev–Trinajstić information content (AvgIpc) is 3.14. The molecule has 3 aliphatic rings. The van der Waals surface area contributed by atoms with Crippen molar-refractivity contribution in [1.82, 2.24) is 15.1 Å². The summed E-state index contributed by atoms with van der Waals surface area (Å²) in [5, 5.41) is 18.5. The minimum absolute atomic E-state index is 0.0370. The van der Waals surface area contributed by atoms with E-state index in [1.807, 2.05) is 13.1 Å². The maximum atomic E-state index is 13.3. The summed E-state index contributed by atoms with van der Waals surface area (Å²) in [6.45, 7) is 2.31. The molecule has 0 amide bonds. The van der Waals surface area contributed by atoms with Crippen LogP contribution >= 0.6 is 0 Å². The second-order valence-corrected chi connectivity index (χ2v) is 7.18. The van der Waals surface area contributed by atoms with E-state index in [2.05, 4.69) is 10.4 Å². The van der Waals surface area contributed by atoms with Crippen LogP contribution in [0.1, 0.15) is 37.3 Å². The maximum absolute atomic E-state index is 13.3. The smallest absolute Gasteiger partial charge is 0.248 e. The molecule has 134 valence electrons. The molecule has 2 bridgehead atoms. The van der Waals surface area contributed by atoms with Crippen LogP contribution in [0, 0.1) is 6.92 Å². The first kappa shape index (κ1) is 16.4. The van der Waals surface area contributed by atoms with Crippen LogP contribution in [-0.2, 0) is 9.47 Å². The number of ether oxygens (including phenoxy) is 2. The van der Waals surface area contributed by atoms with E-state index in [-0.39, 0.29) is 31.0 Å². The number of alkyl halides is 2. The van der Waals surface area contributed by atoms with E-state index in [1.54, 1.807) is 10.9 Å². The van der Waals surface area contributed by atoms with Crippen molar-refractivity contribution in [2.45, 2.75) is 75.2 Å². The monoisotopic (exact) mass is 343 g/mol. The van der Waals surface area contributed by atoms with Crippen molar-refractivity contribution in [3.8, 4) is 0 Å². The molecule has 1 aliphatic carbocycles. The molecule has 3 heterocycles. The Morgan fingerprint density at radius 2 is 2.12 bits per heavy atom. The van der Waals surface area contributed by atoms with Gasteiger partial charge in [-0.2, -0.15) is 5.10 Å². The van der Waals surface area contributed by atoms with Crippen molar-refractivity contribution in [1.29, 1.82) is 0 Å². The summed E-state index contributed by atoms with van der Waals surface area (Å²) in [6, 6.07) is -0.833. The Bertz CT molecular complexity index is 587. The Hall–Kier alpha value is -1.09. The first-order valence-electron chi connectivity index (χ1n) is 8.53. The summed E-state index contributed by atoms with van der Waals surface area (Å²) in [6.07, 6.45) is 2.60. The SMILES string of the molecule is Cc1cnn(C2C3OCC(O3)C(NC3CCC(F)(F)CC3)C2O)c1. The third-order valence-electron chi connectivity index (χ3n) is 5.31. The van der Waals surface area contributed by atoms with Gasteiger partial charge >= 0.3 is 0 Å². The lowest BCUT2D eigenvalue weighted by Gasteiger charge is -2.41. The number of aryl methyl sites for hydroxylation is 1. The van der Waals surface area contributed by atoms with E-state index in [0.717, 1.165) is 5.56 Å². The molecule has 6 nitrogen and oxygen atoms in total. The van der Waals surface area contributed by atoms with Crippen molar-refractivity contribution in [3.05, 3.63) is 18.0 Å². The van der Waals surface area contributed by atoms with Crippen LogP contribution in [0.15, 0.2) is 12.4 Å². The molecule has 5 atom stereocenters. The zero-order chi connectivity index (χ0) is 16.9. The molecule has 0 radical (unpaired) electrons. The highest BCUT2D eigenvalue weighted by Gasteiger charge is 2.52. The second-order valence-electron chi connectivity index (χ2n) is 7.18. The number of aliphatic hydroxyl groups is 1. The highest BCUT2D eigenvalue weighted by atomic mass is 19.3. The molecular formula is C16H23F2N3O3. The minimum atomic E-state index is -2.56. The molecule has 24 heavy (non-hydrogen) atoms. The Morgan fingerprint density at radius 3 is 2.79 bits per heavy atom. The van der Waals surface area contributed by atoms with E-state index in [0.29, 0.717) is 19.4 Å². The molecule has 1 saturated carbocycles. The van der Waals surface area contributed by atoms with Crippen LogP contribution in [0.25, 0.3) is 0 Å². The van der Waals surface area contributed by atoms with Crippen molar-refractivity contribution < 1.29 is 23.4 Å². The number of fused-ring (bicyclic) bond motifs is 2. The van der Waals surface area contributed by atoms with Gasteiger partial charge in [0.25, 0.3) is 0 Å². The highest BCUT2D eigenvalue weighted by Crippen LogP contribution is 2.38. The predicted molar refractivity (Wildman–Crippen MR) is 80.7 cm³/mol. The number of hydrogen-bond donors (Lipinski definition) is 2. The van der Waals surface area contributed by atoms with Gasteiger partial charge < -0.3 is 19.9 Å². The quantitative estimate of drug-likeness (QED) is 0.868. The molecule has 1 aromatic rings. The summed E-state index contributed by atoms with van der Waals surface area (Å²) in [5.41, 5.74) is 0.987. The molecule has 2 N–H and O–H groups in total. The van der Waals surface area contributed by atoms with Gasteiger partial charge in [0.2, 0.25) is 5.92 Å². The van der Waals surface area contributed by atoms with Crippen molar-refractivity contribution in [2.75, 3.05) is 6.61 Å². The third-order valence-corrected chi connectivity index (χ3v) is 5.31. The molecule has 2 saturated heterocycles. The van der Waals surface area contributed by atoms with Crippen molar-refractivity contribution >= 4 is 0 Å². The summed E-state index contributed by atoms with van der Waals surface area (Å²) in [7, 11) is 0.